The molecule has 0 saturated heterocycles. The van der Waals surface area contributed by atoms with E-state index in [2.05, 4.69) is 22.2 Å². The van der Waals surface area contributed by atoms with Crippen LogP contribution in [0.5, 0.6) is 0 Å². The topological polar surface area (TPSA) is 73.6 Å². The highest BCUT2D eigenvalue weighted by molar-refractivity contribution is 7.16. The first kappa shape index (κ1) is 15.4. The van der Waals surface area contributed by atoms with E-state index in [-0.39, 0.29) is 12.3 Å². The number of carbonyl (C=O) groups excluding carboxylic acids is 1. The first-order valence-electron chi connectivity index (χ1n) is 7.28. The number of esters is 1. The van der Waals surface area contributed by atoms with Gasteiger partial charge in [-0.25, -0.2) is 4.79 Å². The van der Waals surface area contributed by atoms with Crippen molar-refractivity contribution in [2.75, 3.05) is 6.61 Å². The zero-order valence-electron chi connectivity index (χ0n) is 12.6. The lowest BCUT2D eigenvalue weighted by Gasteiger charge is -2.02. The van der Waals surface area contributed by atoms with E-state index in [9.17, 15) is 9.59 Å². The van der Waals surface area contributed by atoms with Gasteiger partial charge in [-0.05, 0) is 18.9 Å². The summed E-state index contributed by atoms with van der Waals surface area (Å²) in [7, 11) is 0. The average Bonchev–Trinajstić information content (AvgIpc) is 2.96. The number of rotatable bonds is 5. The fourth-order valence-corrected chi connectivity index (χ4v) is 3.10. The van der Waals surface area contributed by atoms with Gasteiger partial charge in [-0.2, -0.15) is 14.6 Å². The Labute approximate surface area is 136 Å². The van der Waals surface area contributed by atoms with E-state index in [1.807, 2.05) is 18.2 Å². The molecule has 0 aliphatic rings. The smallest absolute Gasteiger partial charge is 0.357 e. The maximum absolute atomic E-state index is 12.0. The Bertz CT molecular complexity index is 886. The van der Waals surface area contributed by atoms with Gasteiger partial charge < -0.3 is 4.74 Å². The highest BCUT2D eigenvalue weighted by Gasteiger charge is 2.16. The van der Waals surface area contributed by atoms with Crippen molar-refractivity contribution in [1.29, 1.82) is 0 Å². The minimum absolute atomic E-state index is 0.115. The average molecular weight is 329 g/mol. The molecule has 0 atom stereocenters. The molecule has 2 heterocycles. The molecule has 3 rings (SSSR count). The summed E-state index contributed by atoms with van der Waals surface area (Å²) < 4.78 is 6.36. The van der Waals surface area contributed by atoms with Crippen molar-refractivity contribution in [3.05, 3.63) is 63.0 Å². The molecule has 0 spiro atoms. The number of aromatic nitrogens is 3. The summed E-state index contributed by atoms with van der Waals surface area (Å²) in [6.07, 6.45) is 1.55. The maximum atomic E-state index is 12.0. The fourth-order valence-electron chi connectivity index (χ4n) is 2.20. The second-order valence-electron chi connectivity index (χ2n) is 4.88. The summed E-state index contributed by atoms with van der Waals surface area (Å²) in [5.74, 6) is -0.568. The van der Waals surface area contributed by atoms with Crippen LogP contribution in [-0.2, 0) is 17.6 Å². The zero-order chi connectivity index (χ0) is 16.2. The van der Waals surface area contributed by atoms with Gasteiger partial charge in [0, 0.05) is 12.5 Å². The summed E-state index contributed by atoms with van der Waals surface area (Å²) >= 11 is 1.31. The highest BCUT2D eigenvalue weighted by Crippen LogP contribution is 2.16. The summed E-state index contributed by atoms with van der Waals surface area (Å²) in [6, 6.07) is 11.2. The molecule has 0 aliphatic heterocycles. The Kier molecular flexibility index (Phi) is 4.47. The molecule has 7 heteroatoms. The second kappa shape index (κ2) is 6.70. The largest absolute Gasteiger partial charge is 0.461 e. The molecule has 3 aromatic rings. The quantitative estimate of drug-likeness (QED) is 0.670. The van der Waals surface area contributed by atoms with Crippen LogP contribution >= 0.6 is 11.3 Å². The van der Waals surface area contributed by atoms with E-state index in [1.54, 1.807) is 6.92 Å². The zero-order valence-corrected chi connectivity index (χ0v) is 13.4. The van der Waals surface area contributed by atoms with Crippen molar-refractivity contribution >= 4 is 22.3 Å². The lowest BCUT2D eigenvalue weighted by molar-refractivity contribution is 0.0516. The number of hydrogen-bond acceptors (Lipinski definition) is 6. The van der Waals surface area contributed by atoms with Crippen LogP contribution < -0.4 is 5.56 Å². The predicted octanol–water partition coefficient (Wildman–Crippen LogP) is 2.11. The van der Waals surface area contributed by atoms with Gasteiger partial charge in [0.2, 0.25) is 4.96 Å². The Morgan fingerprint density at radius 2 is 2.04 bits per heavy atom. The molecule has 1 aromatic carbocycles. The summed E-state index contributed by atoms with van der Waals surface area (Å²) in [5.41, 5.74) is 0.857. The molecule has 118 valence electrons. The molecule has 0 radical (unpaired) electrons. The number of fused-ring (bicyclic) bond motifs is 1. The van der Waals surface area contributed by atoms with Crippen molar-refractivity contribution in [3.63, 3.8) is 0 Å². The first-order valence-corrected chi connectivity index (χ1v) is 8.10. The third kappa shape index (κ3) is 3.45. The number of nitrogens with zero attached hydrogens (tertiary/aromatic N) is 3. The predicted molar refractivity (Wildman–Crippen MR) is 86.9 cm³/mol. The number of benzene rings is 1. The standard InChI is InChI=1S/C16H15N3O3S/c1-2-22-15(21)12-10-13(20)17-16-19(12)18-14(23-16)9-8-11-6-4-3-5-7-11/h3-7,10H,2,8-9H2,1H3. The lowest BCUT2D eigenvalue weighted by atomic mass is 10.1. The molecule has 0 amide bonds. The second-order valence-corrected chi connectivity index (χ2v) is 5.92. The molecular formula is C16H15N3O3S. The highest BCUT2D eigenvalue weighted by atomic mass is 32.1. The van der Waals surface area contributed by atoms with Gasteiger partial charge in [-0.1, -0.05) is 41.7 Å². The summed E-state index contributed by atoms with van der Waals surface area (Å²) in [6.45, 7) is 1.95. The van der Waals surface area contributed by atoms with Crippen LogP contribution in [0.2, 0.25) is 0 Å². The molecule has 0 bridgehead atoms. The van der Waals surface area contributed by atoms with Crippen molar-refractivity contribution < 1.29 is 9.53 Å². The van der Waals surface area contributed by atoms with Crippen molar-refractivity contribution in [1.82, 2.24) is 14.6 Å². The molecule has 2 aromatic heterocycles. The van der Waals surface area contributed by atoms with Crippen LogP contribution in [0, 0.1) is 0 Å². The van der Waals surface area contributed by atoms with E-state index in [4.69, 9.17) is 4.74 Å². The molecule has 23 heavy (non-hydrogen) atoms. The Morgan fingerprint density at radius 1 is 1.26 bits per heavy atom. The lowest BCUT2D eigenvalue weighted by Crippen LogP contribution is -2.17. The fraction of sp³-hybridized carbons (Fsp3) is 0.250. The number of aryl methyl sites for hydroxylation is 2. The normalized spacial score (nSPS) is 10.8. The Balaban J connectivity index is 1.90. The molecular weight excluding hydrogens is 314 g/mol. The van der Waals surface area contributed by atoms with Crippen LogP contribution in [0.15, 0.2) is 41.2 Å². The van der Waals surface area contributed by atoms with E-state index < -0.39 is 11.5 Å². The third-order valence-corrected chi connectivity index (χ3v) is 4.22. The minimum Gasteiger partial charge on any atom is -0.461 e. The van der Waals surface area contributed by atoms with Gasteiger partial charge in [-0.15, -0.1) is 0 Å². The van der Waals surface area contributed by atoms with Gasteiger partial charge >= 0.3 is 5.97 Å². The number of carbonyl (C=O) groups is 1. The summed E-state index contributed by atoms with van der Waals surface area (Å²) in [4.78, 5) is 27.9. The van der Waals surface area contributed by atoms with Gasteiger partial charge in [0.1, 0.15) is 5.01 Å². The van der Waals surface area contributed by atoms with Gasteiger partial charge in [0.25, 0.3) is 5.56 Å². The molecule has 0 unspecified atom stereocenters. The van der Waals surface area contributed by atoms with E-state index in [0.29, 0.717) is 11.4 Å². The van der Waals surface area contributed by atoms with E-state index in [0.717, 1.165) is 17.5 Å². The van der Waals surface area contributed by atoms with Crippen molar-refractivity contribution in [2.24, 2.45) is 0 Å². The van der Waals surface area contributed by atoms with E-state index >= 15 is 0 Å². The van der Waals surface area contributed by atoms with Crippen LogP contribution in [0.25, 0.3) is 4.96 Å². The van der Waals surface area contributed by atoms with Crippen LogP contribution in [0.3, 0.4) is 0 Å². The van der Waals surface area contributed by atoms with E-state index in [1.165, 1.54) is 21.4 Å². The van der Waals surface area contributed by atoms with Gasteiger partial charge in [0.15, 0.2) is 5.69 Å². The third-order valence-electron chi connectivity index (χ3n) is 3.25. The molecule has 6 nitrogen and oxygen atoms in total. The molecule has 0 N–H and O–H groups in total. The van der Waals surface area contributed by atoms with Crippen molar-refractivity contribution in [3.8, 4) is 0 Å². The maximum Gasteiger partial charge on any atom is 0.357 e. The molecule has 0 fully saturated rings. The number of hydrogen-bond donors (Lipinski definition) is 0. The minimum atomic E-state index is -0.568. The molecule has 0 aliphatic carbocycles. The van der Waals surface area contributed by atoms with Crippen LogP contribution in [-0.4, -0.2) is 27.2 Å². The van der Waals surface area contributed by atoms with Gasteiger partial charge in [-0.3, -0.25) is 4.79 Å². The SMILES string of the molecule is CCOC(=O)c1cc(=O)nc2sc(CCc3ccccc3)nn12. The summed E-state index contributed by atoms with van der Waals surface area (Å²) in [5, 5.41) is 5.22. The van der Waals surface area contributed by atoms with Crippen LogP contribution in [0.1, 0.15) is 28.0 Å². The monoisotopic (exact) mass is 329 g/mol. The first-order chi connectivity index (χ1) is 11.2. The van der Waals surface area contributed by atoms with Crippen molar-refractivity contribution in [2.45, 2.75) is 19.8 Å². The Morgan fingerprint density at radius 3 is 2.78 bits per heavy atom. The molecule has 0 saturated carbocycles. The van der Waals surface area contributed by atoms with Crippen LogP contribution in [0.4, 0.5) is 0 Å². The number of ether oxygens (including phenoxy) is 1. The van der Waals surface area contributed by atoms with Gasteiger partial charge in [0.05, 0.1) is 6.61 Å². The Hall–Kier alpha value is -2.54.